The number of carbonyl (C=O) groups is 1. The fraction of sp³-hybridized carbons (Fsp3) is 0.588. The molecular weight excluding hydrogens is 394 g/mol. The van der Waals surface area contributed by atoms with Gasteiger partial charge in [-0.25, -0.2) is 8.42 Å². The second-order valence-corrected chi connectivity index (χ2v) is 8.29. The number of ether oxygens (including phenoxy) is 2. The first-order valence-electron chi connectivity index (χ1n) is 8.84. The Kier molecular flexibility index (Phi) is 7.32. The number of rotatable bonds is 6. The number of carbonyl (C=O) groups excluding carboxylic acids is 1. The summed E-state index contributed by atoms with van der Waals surface area (Å²) in [6, 6.07) is 2.92. The Hall–Kier alpha value is -1.55. The van der Waals surface area contributed by atoms with Crippen LogP contribution >= 0.6 is 12.4 Å². The van der Waals surface area contributed by atoms with Gasteiger partial charge in [0.2, 0.25) is 10.0 Å². The molecule has 1 saturated heterocycles. The SMILES string of the molecule is CCCN(C1CCNCC1)S(=O)(=O)c1cc2c(cc1OC)NC(=O)CO2.Cl. The zero-order valence-electron chi connectivity index (χ0n) is 15.5. The van der Waals surface area contributed by atoms with Crippen molar-refractivity contribution >= 4 is 34.0 Å². The van der Waals surface area contributed by atoms with Crippen molar-refractivity contribution in [1.82, 2.24) is 9.62 Å². The Labute approximate surface area is 166 Å². The molecule has 1 amide bonds. The number of sulfonamides is 1. The normalized spacial score (nSPS) is 17.5. The van der Waals surface area contributed by atoms with Crippen LogP contribution in [-0.2, 0) is 14.8 Å². The Balaban J connectivity index is 0.00000261. The molecule has 152 valence electrons. The van der Waals surface area contributed by atoms with Crippen LogP contribution in [0.2, 0.25) is 0 Å². The van der Waals surface area contributed by atoms with Crippen molar-refractivity contribution in [3.05, 3.63) is 12.1 Å². The first-order chi connectivity index (χ1) is 12.5. The summed E-state index contributed by atoms with van der Waals surface area (Å²) in [7, 11) is -2.35. The summed E-state index contributed by atoms with van der Waals surface area (Å²) >= 11 is 0. The van der Waals surface area contributed by atoms with Crippen molar-refractivity contribution in [3.8, 4) is 11.5 Å². The van der Waals surface area contributed by atoms with Crippen molar-refractivity contribution in [3.63, 3.8) is 0 Å². The fourth-order valence-electron chi connectivity index (χ4n) is 3.39. The second-order valence-electron chi connectivity index (χ2n) is 6.43. The monoisotopic (exact) mass is 419 g/mol. The van der Waals surface area contributed by atoms with Crippen LogP contribution in [-0.4, -0.2) is 58.0 Å². The van der Waals surface area contributed by atoms with Crippen LogP contribution in [0.25, 0.3) is 0 Å². The lowest BCUT2D eigenvalue weighted by Gasteiger charge is -2.34. The van der Waals surface area contributed by atoms with Crippen LogP contribution in [0.4, 0.5) is 5.69 Å². The van der Waals surface area contributed by atoms with Crippen LogP contribution in [0.15, 0.2) is 17.0 Å². The van der Waals surface area contributed by atoms with Crippen LogP contribution < -0.4 is 20.1 Å². The highest BCUT2D eigenvalue weighted by Gasteiger charge is 2.35. The number of piperidine rings is 1. The molecule has 10 heteroatoms. The summed E-state index contributed by atoms with van der Waals surface area (Å²) in [4.78, 5) is 11.6. The number of halogens is 1. The molecule has 0 spiro atoms. The predicted molar refractivity (Wildman–Crippen MR) is 104 cm³/mol. The van der Waals surface area contributed by atoms with Gasteiger partial charge in [0, 0.05) is 24.7 Å². The van der Waals surface area contributed by atoms with Gasteiger partial charge in [0.15, 0.2) is 6.61 Å². The Morgan fingerprint density at radius 2 is 2.00 bits per heavy atom. The summed E-state index contributed by atoms with van der Waals surface area (Å²) in [5.74, 6) is 0.257. The molecule has 0 radical (unpaired) electrons. The molecule has 2 aliphatic heterocycles. The van der Waals surface area contributed by atoms with Gasteiger partial charge in [0.1, 0.15) is 16.4 Å². The largest absolute Gasteiger partial charge is 0.495 e. The number of anilines is 1. The van der Waals surface area contributed by atoms with E-state index in [0.717, 1.165) is 32.4 Å². The van der Waals surface area contributed by atoms with Crippen LogP contribution in [0.1, 0.15) is 26.2 Å². The van der Waals surface area contributed by atoms with Gasteiger partial charge in [-0.2, -0.15) is 4.31 Å². The van der Waals surface area contributed by atoms with Crippen molar-refractivity contribution in [2.45, 2.75) is 37.1 Å². The number of nitrogens with zero attached hydrogens (tertiary/aromatic N) is 1. The maximum Gasteiger partial charge on any atom is 0.262 e. The fourth-order valence-corrected chi connectivity index (χ4v) is 5.32. The van der Waals surface area contributed by atoms with E-state index in [9.17, 15) is 13.2 Å². The maximum absolute atomic E-state index is 13.4. The average Bonchev–Trinajstić information content (AvgIpc) is 2.65. The maximum atomic E-state index is 13.4. The molecule has 8 nitrogen and oxygen atoms in total. The van der Waals surface area contributed by atoms with E-state index < -0.39 is 10.0 Å². The Morgan fingerprint density at radius 3 is 2.63 bits per heavy atom. The van der Waals surface area contributed by atoms with E-state index in [1.807, 2.05) is 6.92 Å². The number of nitrogens with one attached hydrogen (secondary N) is 2. The lowest BCUT2D eigenvalue weighted by molar-refractivity contribution is -0.118. The highest BCUT2D eigenvalue weighted by Crippen LogP contribution is 2.39. The van der Waals surface area contributed by atoms with Crippen LogP contribution in [0.3, 0.4) is 0 Å². The van der Waals surface area contributed by atoms with E-state index in [2.05, 4.69) is 10.6 Å². The molecule has 27 heavy (non-hydrogen) atoms. The van der Waals surface area contributed by atoms with Crippen molar-refractivity contribution in [1.29, 1.82) is 0 Å². The number of hydrogen-bond acceptors (Lipinski definition) is 6. The lowest BCUT2D eigenvalue weighted by atomic mass is 10.1. The number of benzene rings is 1. The van der Waals surface area contributed by atoms with E-state index >= 15 is 0 Å². The highest BCUT2D eigenvalue weighted by molar-refractivity contribution is 7.89. The number of methoxy groups -OCH3 is 1. The molecule has 1 aromatic carbocycles. The molecule has 2 heterocycles. The first-order valence-corrected chi connectivity index (χ1v) is 10.3. The van der Waals surface area contributed by atoms with Crippen molar-refractivity contribution in [2.75, 3.05) is 38.7 Å². The summed E-state index contributed by atoms with van der Waals surface area (Å²) in [6.07, 6.45) is 2.28. The zero-order chi connectivity index (χ0) is 18.7. The van der Waals surface area contributed by atoms with Crippen molar-refractivity contribution in [2.24, 2.45) is 0 Å². The molecule has 0 bridgehead atoms. The van der Waals surface area contributed by atoms with E-state index in [-0.39, 0.29) is 41.6 Å². The number of fused-ring (bicyclic) bond motifs is 1. The third kappa shape index (κ3) is 4.48. The summed E-state index contributed by atoms with van der Waals surface area (Å²) in [5.41, 5.74) is 0.418. The molecule has 3 rings (SSSR count). The minimum atomic E-state index is -3.76. The van der Waals surface area contributed by atoms with Gasteiger partial charge in [-0.05, 0) is 32.4 Å². The summed E-state index contributed by atoms with van der Waals surface area (Å²) < 4.78 is 39.2. The molecule has 0 aliphatic carbocycles. The van der Waals surface area contributed by atoms with E-state index in [4.69, 9.17) is 9.47 Å². The topological polar surface area (TPSA) is 97.0 Å². The van der Waals surface area contributed by atoms with E-state index in [0.29, 0.717) is 18.0 Å². The van der Waals surface area contributed by atoms with Gasteiger partial charge < -0.3 is 20.1 Å². The molecule has 0 atom stereocenters. The molecular formula is C17H26ClN3O5S. The molecule has 1 fully saturated rings. The average molecular weight is 420 g/mol. The molecule has 0 aromatic heterocycles. The summed E-state index contributed by atoms with van der Waals surface area (Å²) in [5, 5.41) is 5.93. The summed E-state index contributed by atoms with van der Waals surface area (Å²) in [6.45, 7) is 3.89. The van der Waals surface area contributed by atoms with Crippen LogP contribution in [0.5, 0.6) is 11.5 Å². The van der Waals surface area contributed by atoms with Gasteiger partial charge in [-0.3, -0.25) is 4.79 Å². The van der Waals surface area contributed by atoms with Crippen molar-refractivity contribution < 1.29 is 22.7 Å². The smallest absolute Gasteiger partial charge is 0.262 e. The van der Waals surface area contributed by atoms with Gasteiger partial charge in [0.25, 0.3) is 5.91 Å². The third-order valence-corrected chi connectivity index (χ3v) is 6.62. The quantitative estimate of drug-likeness (QED) is 0.727. The van der Waals surface area contributed by atoms with E-state index in [1.165, 1.54) is 19.2 Å². The standard InChI is InChI=1S/C17H25N3O5S.ClH/c1-3-8-20(12-4-6-18-7-5-12)26(22,23)16-10-14-13(9-15(16)24-2)19-17(21)11-25-14;/h9-10,12,18H,3-8,11H2,1-2H3,(H,19,21);1H. The van der Waals surface area contributed by atoms with Gasteiger partial charge >= 0.3 is 0 Å². The lowest BCUT2D eigenvalue weighted by Crippen LogP contribution is -2.46. The predicted octanol–water partition coefficient (Wildman–Crippen LogP) is 1.60. The van der Waals surface area contributed by atoms with Crippen LogP contribution in [0, 0.1) is 0 Å². The Bertz CT molecular complexity index is 781. The van der Waals surface area contributed by atoms with Gasteiger partial charge in [-0.15, -0.1) is 12.4 Å². The molecule has 2 aliphatic rings. The highest BCUT2D eigenvalue weighted by atomic mass is 35.5. The first kappa shape index (κ1) is 21.7. The second kappa shape index (κ2) is 9.09. The molecule has 0 saturated carbocycles. The zero-order valence-corrected chi connectivity index (χ0v) is 17.1. The molecule has 1 aromatic rings. The number of hydrogen-bond donors (Lipinski definition) is 2. The number of amides is 1. The molecule has 2 N–H and O–H groups in total. The minimum absolute atomic E-state index is 0. The molecule has 0 unspecified atom stereocenters. The van der Waals surface area contributed by atoms with Gasteiger partial charge in [-0.1, -0.05) is 6.92 Å². The van der Waals surface area contributed by atoms with E-state index in [1.54, 1.807) is 4.31 Å². The third-order valence-electron chi connectivity index (χ3n) is 4.65. The minimum Gasteiger partial charge on any atom is -0.495 e. The van der Waals surface area contributed by atoms with Gasteiger partial charge in [0.05, 0.1) is 12.8 Å². The Morgan fingerprint density at radius 1 is 1.30 bits per heavy atom.